The minimum absolute atomic E-state index is 0.204. The van der Waals surface area contributed by atoms with Gasteiger partial charge in [-0.05, 0) is 45.6 Å². The van der Waals surface area contributed by atoms with E-state index >= 15 is 0 Å². The standard InChI is InChI=1S/C15H30N2O2/c1-6-17(10-11(2)3)13-7-8-15(9-13,14(18)19)16-12(4)5/h11-13,16H,6-10H2,1-5H3,(H,18,19). The number of nitrogens with one attached hydrogen (secondary N) is 1. The van der Waals surface area contributed by atoms with E-state index in [1.54, 1.807) is 0 Å². The Hall–Kier alpha value is -0.610. The lowest BCUT2D eigenvalue weighted by atomic mass is 9.96. The van der Waals surface area contributed by atoms with Crippen molar-refractivity contribution >= 4 is 5.97 Å². The van der Waals surface area contributed by atoms with Gasteiger partial charge in [0.1, 0.15) is 5.54 Å². The Morgan fingerprint density at radius 2 is 2.05 bits per heavy atom. The number of hydrogen-bond donors (Lipinski definition) is 2. The molecule has 2 atom stereocenters. The number of hydrogen-bond acceptors (Lipinski definition) is 3. The van der Waals surface area contributed by atoms with Crippen molar-refractivity contribution in [2.24, 2.45) is 5.92 Å². The van der Waals surface area contributed by atoms with E-state index in [0.717, 1.165) is 32.4 Å². The molecule has 1 fully saturated rings. The van der Waals surface area contributed by atoms with Gasteiger partial charge in [0.25, 0.3) is 0 Å². The Balaban J connectivity index is 2.74. The molecule has 1 aliphatic carbocycles. The molecule has 0 spiro atoms. The summed E-state index contributed by atoms with van der Waals surface area (Å²) in [6.45, 7) is 12.7. The van der Waals surface area contributed by atoms with Gasteiger partial charge in [-0.25, -0.2) is 0 Å². The van der Waals surface area contributed by atoms with Gasteiger partial charge in [0.2, 0.25) is 0 Å². The first-order valence-corrected chi connectivity index (χ1v) is 7.56. The van der Waals surface area contributed by atoms with E-state index in [2.05, 4.69) is 31.0 Å². The lowest BCUT2D eigenvalue weighted by Crippen LogP contribution is -2.54. The highest BCUT2D eigenvalue weighted by atomic mass is 16.4. The topological polar surface area (TPSA) is 52.6 Å². The average molecular weight is 270 g/mol. The summed E-state index contributed by atoms with van der Waals surface area (Å²) >= 11 is 0. The van der Waals surface area contributed by atoms with Crippen molar-refractivity contribution < 1.29 is 9.90 Å². The Bertz CT molecular complexity index is 305. The molecule has 4 heteroatoms. The zero-order chi connectivity index (χ0) is 14.6. The molecule has 1 aliphatic rings. The highest BCUT2D eigenvalue weighted by Crippen LogP contribution is 2.34. The molecule has 0 aromatic carbocycles. The van der Waals surface area contributed by atoms with E-state index in [1.807, 2.05) is 13.8 Å². The van der Waals surface area contributed by atoms with Crippen molar-refractivity contribution in [3.8, 4) is 0 Å². The van der Waals surface area contributed by atoms with Gasteiger partial charge in [-0.1, -0.05) is 20.8 Å². The van der Waals surface area contributed by atoms with Crippen molar-refractivity contribution in [2.75, 3.05) is 13.1 Å². The summed E-state index contributed by atoms with van der Waals surface area (Å²) in [5.41, 5.74) is -0.719. The van der Waals surface area contributed by atoms with Crippen molar-refractivity contribution in [3.63, 3.8) is 0 Å². The molecule has 1 rings (SSSR count). The highest BCUT2D eigenvalue weighted by Gasteiger charge is 2.46. The first-order chi connectivity index (χ1) is 8.80. The summed E-state index contributed by atoms with van der Waals surface area (Å²) in [5.74, 6) is -0.0675. The van der Waals surface area contributed by atoms with Crippen LogP contribution in [-0.2, 0) is 4.79 Å². The van der Waals surface area contributed by atoms with Gasteiger partial charge >= 0.3 is 5.97 Å². The molecule has 0 amide bonds. The van der Waals surface area contributed by atoms with Crippen molar-refractivity contribution in [1.82, 2.24) is 10.2 Å². The first kappa shape index (κ1) is 16.4. The largest absolute Gasteiger partial charge is 0.480 e. The fraction of sp³-hybridized carbons (Fsp3) is 0.933. The summed E-state index contributed by atoms with van der Waals surface area (Å²) in [6, 6.07) is 0.602. The Morgan fingerprint density at radius 1 is 1.42 bits per heavy atom. The number of carbonyl (C=O) groups is 1. The Labute approximate surface area is 117 Å². The maximum absolute atomic E-state index is 11.7. The van der Waals surface area contributed by atoms with Crippen LogP contribution in [0.4, 0.5) is 0 Å². The minimum Gasteiger partial charge on any atom is -0.480 e. The molecule has 0 bridgehead atoms. The lowest BCUT2D eigenvalue weighted by molar-refractivity contribution is -0.145. The fourth-order valence-corrected chi connectivity index (χ4v) is 3.28. The van der Waals surface area contributed by atoms with Crippen LogP contribution in [0.2, 0.25) is 0 Å². The summed E-state index contributed by atoms with van der Waals surface area (Å²) in [6.07, 6.45) is 2.44. The van der Waals surface area contributed by atoms with Crippen molar-refractivity contribution in [3.05, 3.63) is 0 Å². The zero-order valence-corrected chi connectivity index (χ0v) is 13.1. The van der Waals surface area contributed by atoms with E-state index in [4.69, 9.17) is 0 Å². The van der Waals surface area contributed by atoms with Crippen LogP contribution in [0.15, 0.2) is 0 Å². The molecule has 0 radical (unpaired) electrons. The molecular formula is C15H30N2O2. The fourth-order valence-electron chi connectivity index (χ4n) is 3.28. The van der Waals surface area contributed by atoms with E-state index in [0.29, 0.717) is 12.0 Å². The quantitative estimate of drug-likeness (QED) is 0.745. The number of carboxylic acids is 1. The molecule has 0 aromatic rings. The molecule has 0 aliphatic heterocycles. The van der Waals surface area contributed by atoms with Crippen LogP contribution >= 0.6 is 0 Å². The number of rotatable bonds is 7. The second-order valence-corrected chi connectivity index (χ2v) is 6.56. The third kappa shape index (κ3) is 4.18. The van der Waals surface area contributed by atoms with Crippen LogP contribution in [0.1, 0.15) is 53.9 Å². The van der Waals surface area contributed by atoms with Gasteiger partial charge in [0, 0.05) is 18.6 Å². The molecule has 2 N–H and O–H groups in total. The van der Waals surface area contributed by atoms with Crippen LogP contribution in [-0.4, -0.2) is 46.7 Å². The van der Waals surface area contributed by atoms with Crippen molar-refractivity contribution in [1.29, 1.82) is 0 Å². The first-order valence-electron chi connectivity index (χ1n) is 7.56. The molecule has 1 saturated carbocycles. The summed E-state index contributed by atoms with van der Waals surface area (Å²) in [4.78, 5) is 14.1. The molecular weight excluding hydrogens is 240 g/mol. The zero-order valence-electron chi connectivity index (χ0n) is 13.1. The third-order valence-electron chi connectivity index (χ3n) is 3.99. The molecule has 0 heterocycles. The van der Waals surface area contributed by atoms with Crippen LogP contribution < -0.4 is 5.32 Å². The Morgan fingerprint density at radius 3 is 2.47 bits per heavy atom. The molecule has 19 heavy (non-hydrogen) atoms. The number of aliphatic carboxylic acids is 1. The molecule has 0 aromatic heterocycles. The smallest absolute Gasteiger partial charge is 0.323 e. The van der Waals surface area contributed by atoms with Crippen LogP contribution in [0.3, 0.4) is 0 Å². The predicted octanol–water partition coefficient (Wildman–Crippen LogP) is 2.34. The predicted molar refractivity (Wildman–Crippen MR) is 78.4 cm³/mol. The van der Waals surface area contributed by atoms with Crippen molar-refractivity contribution in [2.45, 2.75) is 71.5 Å². The molecule has 112 valence electrons. The summed E-state index contributed by atoms with van der Waals surface area (Å²) < 4.78 is 0. The average Bonchev–Trinajstić information content (AvgIpc) is 2.70. The van der Waals surface area contributed by atoms with Crippen LogP contribution in [0.5, 0.6) is 0 Å². The Kier molecular flexibility index (Phi) is 5.81. The number of nitrogens with zero attached hydrogens (tertiary/aromatic N) is 1. The summed E-state index contributed by atoms with van der Waals surface area (Å²) in [7, 11) is 0. The second kappa shape index (κ2) is 6.71. The monoisotopic (exact) mass is 270 g/mol. The van der Waals surface area contributed by atoms with E-state index < -0.39 is 11.5 Å². The van der Waals surface area contributed by atoms with Gasteiger partial charge in [0.05, 0.1) is 0 Å². The van der Waals surface area contributed by atoms with E-state index in [1.165, 1.54) is 0 Å². The SMILES string of the molecule is CCN(CC(C)C)C1CCC(NC(C)C)(C(=O)O)C1. The van der Waals surface area contributed by atoms with Gasteiger partial charge in [-0.15, -0.1) is 0 Å². The third-order valence-corrected chi connectivity index (χ3v) is 3.99. The highest BCUT2D eigenvalue weighted by molar-refractivity contribution is 5.79. The van der Waals surface area contributed by atoms with Gasteiger partial charge in [0.15, 0.2) is 0 Å². The van der Waals surface area contributed by atoms with Crippen LogP contribution in [0, 0.1) is 5.92 Å². The lowest BCUT2D eigenvalue weighted by Gasteiger charge is -2.32. The van der Waals surface area contributed by atoms with Crippen LogP contribution in [0.25, 0.3) is 0 Å². The maximum atomic E-state index is 11.7. The molecule has 0 saturated heterocycles. The maximum Gasteiger partial charge on any atom is 0.323 e. The number of carboxylic acid groups (broad SMARTS) is 1. The molecule has 4 nitrogen and oxygen atoms in total. The van der Waals surface area contributed by atoms with E-state index in [9.17, 15) is 9.90 Å². The second-order valence-electron chi connectivity index (χ2n) is 6.56. The van der Waals surface area contributed by atoms with Gasteiger partial charge < -0.3 is 10.0 Å². The van der Waals surface area contributed by atoms with E-state index in [-0.39, 0.29) is 6.04 Å². The normalized spacial score (nSPS) is 27.7. The summed E-state index contributed by atoms with van der Waals surface area (Å²) in [5, 5.41) is 12.9. The van der Waals surface area contributed by atoms with Gasteiger partial charge in [-0.2, -0.15) is 0 Å². The molecule has 2 unspecified atom stereocenters. The van der Waals surface area contributed by atoms with Gasteiger partial charge in [-0.3, -0.25) is 10.1 Å². The minimum atomic E-state index is -0.719.